The first kappa shape index (κ1) is 30.4. The number of rotatable bonds is 9. The van der Waals surface area contributed by atoms with Gasteiger partial charge in [0.05, 0.1) is 11.4 Å². The number of carboxylic acid groups (broad SMARTS) is 1. The number of aromatic carboxylic acids is 1. The normalized spacial score (nSPS) is 13.5. The van der Waals surface area contributed by atoms with Gasteiger partial charge in [0.15, 0.2) is 22.5 Å². The summed E-state index contributed by atoms with van der Waals surface area (Å²) in [5, 5.41) is 21.7. The van der Waals surface area contributed by atoms with E-state index in [1.807, 2.05) is 31.2 Å². The molecule has 4 N–H and O–H groups in total. The van der Waals surface area contributed by atoms with Gasteiger partial charge in [-0.05, 0) is 73.6 Å². The molecule has 6 rings (SSSR count). The van der Waals surface area contributed by atoms with Crippen LogP contribution >= 0.6 is 11.3 Å². The van der Waals surface area contributed by atoms with Crippen LogP contribution in [0.15, 0.2) is 70.9 Å². The number of carbonyl (C=O) groups is 1. The van der Waals surface area contributed by atoms with Gasteiger partial charge in [-0.1, -0.05) is 40.1 Å². The maximum atomic E-state index is 15.1. The molecule has 0 aliphatic heterocycles. The number of aromatic nitrogens is 3. The third-order valence-electron chi connectivity index (χ3n) is 7.39. The lowest BCUT2D eigenvalue weighted by Crippen LogP contribution is -2.07. The average Bonchev–Trinajstić information content (AvgIpc) is 3.52. The molecule has 0 radical (unpaired) electrons. The van der Waals surface area contributed by atoms with Crippen LogP contribution in [0.4, 0.5) is 8.78 Å². The molecule has 2 heterocycles. The molecule has 1 saturated carbocycles. The van der Waals surface area contributed by atoms with Crippen molar-refractivity contribution >= 4 is 28.3 Å². The predicted molar refractivity (Wildman–Crippen MR) is 161 cm³/mol. The van der Waals surface area contributed by atoms with Crippen molar-refractivity contribution in [1.29, 1.82) is 0 Å². The Bertz CT molecular complexity index is 1850. The number of thiazole rings is 1. The molecule has 3 aromatic carbocycles. The summed E-state index contributed by atoms with van der Waals surface area (Å²) in [6.45, 7) is 1.96. The highest BCUT2D eigenvalue weighted by atomic mass is 32.2. The summed E-state index contributed by atoms with van der Waals surface area (Å²) in [4.78, 5) is 15.9. The summed E-state index contributed by atoms with van der Waals surface area (Å²) < 4.78 is 43.4. The summed E-state index contributed by atoms with van der Waals surface area (Å²) in [5.74, 6) is -1.73. The fraction of sp³-hybridized carbons (Fsp3) is 0.194. The van der Waals surface area contributed by atoms with Crippen LogP contribution < -0.4 is 5.14 Å². The van der Waals surface area contributed by atoms with Crippen molar-refractivity contribution in [2.24, 2.45) is 11.1 Å². The van der Waals surface area contributed by atoms with Crippen LogP contribution in [0.5, 0.6) is 0 Å². The van der Waals surface area contributed by atoms with E-state index in [0.29, 0.717) is 39.9 Å². The molecule has 1 fully saturated rings. The molecule has 0 saturated heterocycles. The maximum Gasteiger partial charge on any atom is 0.355 e. The van der Waals surface area contributed by atoms with E-state index in [9.17, 15) is 18.5 Å². The summed E-state index contributed by atoms with van der Waals surface area (Å²) >= 11 is 1.17. The Morgan fingerprint density at radius 3 is 2.42 bits per heavy atom. The van der Waals surface area contributed by atoms with Crippen molar-refractivity contribution in [3.63, 3.8) is 0 Å². The Labute approximate surface area is 252 Å². The molecule has 12 heteroatoms. The standard InChI is InChI=1S/C31H26F2N4O3S2.H2O/c1-17-2-7-20(8-3-17)22-15-21(9-10-24(22)32)29-23(12-19-6-11-28(42(34)40)25(33)13-19)27(14-18-4-5-18)37(36-29)31-35-26(16-41-31)30(38)39;/h2-3,6-11,13,15-16,18H,4-5,12,14H2,1H3,(H2,34,40)(H,38,39);1H2. The molecule has 5 aromatic rings. The van der Waals surface area contributed by atoms with Crippen molar-refractivity contribution in [2.45, 2.75) is 37.5 Å². The Balaban J connectivity index is 0.00000368. The molecular weight excluding hydrogens is 594 g/mol. The minimum absolute atomic E-state index is 0. The van der Waals surface area contributed by atoms with Crippen molar-refractivity contribution in [1.82, 2.24) is 14.8 Å². The number of halogens is 2. The van der Waals surface area contributed by atoms with Crippen LogP contribution in [-0.2, 0) is 28.0 Å². The SMILES string of the molecule is Cc1ccc(-c2cc(-c3nn(-c4nc(C(=O)O)cs4)c(CC4CC4)c3Cc3ccc([SH+](N)=O)c(F)c3)ccc2F)cc1.[OH-]. The number of carboxylic acids is 1. The molecule has 8 nitrogen and oxygen atoms in total. The van der Waals surface area contributed by atoms with Gasteiger partial charge in [0.1, 0.15) is 5.82 Å². The third kappa shape index (κ3) is 6.32. The molecule has 222 valence electrons. The molecule has 2 aromatic heterocycles. The largest absolute Gasteiger partial charge is 0.870 e. The number of aryl methyl sites for hydroxylation is 1. The highest BCUT2D eigenvalue weighted by molar-refractivity contribution is 7.82. The minimum Gasteiger partial charge on any atom is -0.870 e. The van der Waals surface area contributed by atoms with Gasteiger partial charge in [-0.25, -0.2) is 23.2 Å². The Hall–Kier alpha value is -4.10. The second-order valence-corrected chi connectivity index (χ2v) is 12.5. The number of nitrogens with two attached hydrogens (primary N) is 1. The molecule has 1 aliphatic carbocycles. The first-order valence-electron chi connectivity index (χ1n) is 13.3. The lowest BCUT2D eigenvalue weighted by Gasteiger charge is -2.10. The van der Waals surface area contributed by atoms with Gasteiger partial charge in [-0.2, -0.15) is 5.10 Å². The van der Waals surface area contributed by atoms with E-state index in [1.165, 1.54) is 34.9 Å². The maximum absolute atomic E-state index is 15.1. The lowest BCUT2D eigenvalue weighted by molar-refractivity contribution is 0.0691. The van der Waals surface area contributed by atoms with Crippen molar-refractivity contribution in [3.8, 4) is 27.5 Å². The Kier molecular flexibility index (Phi) is 8.65. The molecular formula is C31H28F2N4O4S2. The molecule has 43 heavy (non-hydrogen) atoms. The molecule has 0 amide bonds. The fourth-order valence-corrected chi connectivity index (χ4v) is 6.27. The van der Waals surface area contributed by atoms with Gasteiger partial charge in [0, 0.05) is 28.5 Å². The number of benzene rings is 3. The highest BCUT2D eigenvalue weighted by Gasteiger charge is 2.30. The van der Waals surface area contributed by atoms with Gasteiger partial charge in [-0.15, -0.1) is 16.5 Å². The summed E-state index contributed by atoms with van der Waals surface area (Å²) in [6, 6.07) is 16.8. The van der Waals surface area contributed by atoms with E-state index in [0.717, 1.165) is 35.2 Å². The fourth-order valence-electron chi connectivity index (χ4n) is 5.00. The Morgan fingerprint density at radius 1 is 1.07 bits per heavy atom. The van der Waals surface area contributed by atoms with Gasteiger partial charge in [0.2, 0.25) is 10.0 Å². The number of hydrogen-bond donors (Lipinski definition) is 2. The van der Waals surface area contributed by atoms with Crippen molar-refractivity contribution in [2.75, 3.05) is 0 Å². The van der Waals surface area contributed by atoms with E-state index in [-0.39, 0.29) is 28.3 Å². The van der Waals surface area contributed by atoms with Crippen LogP contribution in [-0.4, -0.2) is 31.3 Å². The zero-order valence-electron chi connectivity index (χ0n) is 23.0. The highest BCUT2D eigenvalue weighted by Crippen LogP contribution is 2.39. The monoisotopic (exact) mass is 622 g/mol. The second kappa shape index (κ2) is 12.3. The van der Waals surface area contributed by atoms with Gasteiger partial charge in [0.25, 0.3) is 0 Å². The molecule has 1 atom stereocenters. The number of nitrogens with zero attached hydrogens (tertiary/aromatic N) is 3. The first-order chi connectivity index (χ1) is 20.2. The first-order valence-corrected chi connectivity index (χ1v) is 15.6. The topological polar surface area (TPSA) is 141 Å². The van der Waals surface area contributed by atoms with Crippen LogP contribution in [0.1, 0.15) is 45.7 Å². The third-order valence-corrected chi connectivity index (χ3v) is 9.05. The van der Waals surface area contributed by atoms with E-state index in [1.54, 1.807) is 22.9 Å². The summed E-state index contributed by atoms with van der Waals surface area (Å²) in [7, 11) is -2.33. The lowest BCUT2D eigenvalue weighted by atomic mass is 9.94. The average molecular weight is 623 g/mol. The quantitative estimate of drug-likeness (QED) is 0.147. The van der Waals surface area contributed by atoms with Crippen molar-refractivity contribution < 1.29 is 28.4 Å². The van der Waals surface area contributed by atoms with Crippen molar-refractivity contribution in [3.05, 3.63) is 106 Å². The molecule has 1 unspecified atom stereocenters. The zero-order chi connectivity index (χ0) is 29.5. The minimum atomic E-state index is -2.33. The van der Waals surface area contributed by atoms with Gasteiger partial charge < -0.3 is 10.6 Å². The number of thiol groups is 1. The van der Waals surface area contributed by atoms with Crippen LogP contribution in [0, 0.1) is 24.5 Å². The smallest absolute Gasteiger partial charge is 0.355 e. The van der Waals surface area contributed by atoms with E-state index < -0.39 is 22.8 Å². The number of hydrogen-bond acceptors (Lipinski definition) is 6. The summed E-state index contributed by atoms with van der Waals surface area (Å²) in [6.07, 6.45) is 3.06. The van der Waals surface area contributed by atoms with Crippen LogP contribution in [0.3, 0.4) is 0 Å². The van der Waals surface area contributed by atoms with Gasteiger partial charge in [-0.3, -0.25) is 0 Å². The van der Waals surface area contributed by atoms with Crippen LogP contribution in [0.2, 0.25) is 0 Å². The van der Waals surface area contributed by atoms with E-state index >= 15 is 4.39 Å². The molecule has 0 spiro atoms. The summed E-state index contributed by atoms with van der Waals surface area (Å²) in [5.41, 5.74) is 5.62. The second-order valence-electron chi connectivity index (χ2n) is 10.5. The zero-order valence-corrected chi connectivity index (χ0v) is 24.7. The van der Waals surface area contributed by atoms with E-state index in [2.05, 4.69) is 4.98 Å². The molecule has 0 bridgehead atoms. The predicted octanol–water partition coefficient (Wildman–Crippen LogP) is 6.24. The van der Waals surface area contributed by atoms with E-state index in [4.69, 9.17) is 10.2 Å². The Morgan fingerprint density at radius 2 is 1.79 bits per heavy atom. The molecule has 1 aliphatic rings. The van der Waals surface area contributed by atoms with Crippen LogP contribution in [0.25, 0.3) is 27.5 Å². The van der Waals surface area contributed by atoms with Gasteiger partial charge >= 0.3 is 5.97 Å².